The number of hydrogen-bond donors (Lipinski definition) is 0. The molecular weight excluding hydrogens is 472 g/mol. The molecule has 9 heavy (non-hydrogen) atoms. The predicted octanol–water partition coefficient (Wildman–Crippen LogP) is 1.14. The van der Waals surface area contributed by atoms with Gasteiger partial charge in [-0.15, -0.1) is 0 Å². The topological polar surface area (TPSA) is 0 Å². The van der Waals surface area contributed by atoms with Gasteiger partial charge >= 0.3 is 80.7 Å². The van der Waals surface area contributed by atoms with Crippen molar-refractivity contribution in [2.45, 2.75) is 0 Å². The van der Waals surface area contributed by atoms with Crippen molar-refractivity contribution >= 4 is 20.1 Å². The van der Waals surface area contributed by atoms with Crippen molar-refractivity contribution in [3.05, 3.63) is 21.9 Å². The molecule has 0 saturated heterocycles. The molecule has 0 saturated carbocycles. The van der Waals surface area contributed by atoms with Gasteiger partial charge in [0.1, 0.15) is 0 Å². The zero-order chi connectivity index (χ0) is 6.69. The maximum absolute atomic E-state index is 2.24. The molecule has 1 aromatic rings. The van der Waals surface area contributed by atoms with Crippen LogP contribution in [0.5, 0.6) is 0 Å². The van der Waals surface area contributed by atoms with Crippen molar-refractivity contribution in [2.24, 2.45) is 0 Å². The van der Waals surface area contributed by atoms with Gasteiger partial charge in [-0.3, -0.25) is 0 Å². The normalized spacial score (nSPS) is 8.89. The van der Waals surface area contributed by atoms with Crippen LogP contribution in [0.15, 0.2) is 11.4 Å². The molecule has 0 bridgehead atoms. The van der Waals surface area contributed by atoms with Crippen LogP contribution < -0.4 is 0 Å². The molecular formula is C6H4SW2. The summed E-state index contributed by atoms with van der Waals surface area (Å²) in [5, 5.41) is 2.14. The van der Waals surface area contributed by atoms with Gasteiger partial charge in [0.15, 0.2) is 0 Å². The van der Waals surface area contributed by atoms with E-state index in [-0.39, 0.29) is 0 Å². The Bertz CT molecular complexity index is 204. The van der Waals surface area contributed by atoms with Gasteiger partial charge in [-0.05, 0) is 0 Å². The average molecular weight is 476 g/mol. The Kier molecular flexibility index (Phi) is 3.39. The zero-order valence-corrected chi connectivity index (χ0v) is 11.2. The summed E-state index contributed by atoms with van der Waals surface area (Å²) in [4.78, 5) is 1.43. The summed E-state index contributed by atoms with van der Waals surface area (Å²) in [7, 11) is 0. The molecule has 0 aromatic carbocycles. The fourth-order valence-corrected chi connectivity index (χ4v) is 3.33. The standard InChI is InChI=1S/C6H4S.2W/c1-5-3-4-7-6(5)2;;/h1-4H;;. The number of thiophene rings is 1. The molecule has 0 N–H and O–H groups in total. The van der Waals surface area contributed by atoms with E-state index in [2.05, 4.69) is 20.2 Å². The first-order valence-electron chi connectivity index (χ1n) is 2.36. The van der Waals surface area contributed by atoms with Gasteiger partial charge in [-0.1, -0.05) is 0 Å². The van der Waals surface area contributed by atoms with Crippen LogP contribution in [-0.2, 0) is 38.7 Å². The molecule has 0 radical (unpaired) electrons. The minimum atomic E-state index is 1.41. The third-order valence-corrected chi connectivity index (χ3v) is 4.19. The van der Waals surface area contributed by atoms with Gasteiger partial charge in [-0.2, -0.15) is 0 Å². The molecule has 0 spiro atoms. The van der Waals surface area contributed by atoms with Crippen LogP contribution >= 0.6 is 11.3 Å². The number of hydrogen-bond acceptors (Lipinski definition) is 1. The summed E-state index contributed by atoms with van der Waals surface area (Å²) in [6, 6.07) is 2.17. The summed E-state index contributed by atoms with van der Waals surface area (Å²) < 4.78 is 4.46. The van der Waals surface area contributed by atoms with Gasteiger partial charge < -0.3 is 0 Å². The molecule has 3 heteroatoms. The summed E-state index contributed by atoms with van der Waals surface area (Å²) in [6.45, 7) is 0. The molecule has 0 nitrogen and oxygen atoms in total. The first-order valence-corrected chi connectivity index (χ1v) is 6.63. The Morgan fingerprint density at radius 3 is 2.56 bits per heavy atom. The molecule has 1 heterocycles. The van der Waals surface area contributed by atoms with E-state index >= 15 is 0 Å². The molecule has 1 rings (SSSR count). The molecule has 0 aliphatic rings. The van der Waals surface area contributed by atoms with Crippen molar-refractivity contribution in [2.75, 3.05) is 0 Å². The van der Waals surface area contributed by atoms with Crippen LogP contribution in [-0.4, -0.2) is 8.80 Å². The summed E-state index contributed by atoms with van der Waals surface area (Å²) >= 11 is 4.88. The van der Waals surface area contributed by atoms with E-state index in [9.17, 15) is 0 Å². The Labute approximate surface area is 80.1 Å². The van der Waals surface area contributed by atoms with E-state index in [0.29, 0.717) is 0 Å². The first kappa shape index (κ1) is 7.92. The fraction of sp³-hybridized carbons (Fsp3) is 0. The molecule has 0 amide bonds. The Morgan fingerprint density at radius 1 is 1.33 bits per heavy atom. The molecule has 0 fully saturated rings. The Balaban J connectivity index is 3.12. The first-order chi connectivity index (χ1) is 4.38. The summed E-state index contributed by atoms with van der Waals surface area (Å²) in [5.41, 5.74) is 1.41. The van der Waals surface area contributed by atoms with Crippen molar-refractivity contribution in [3.8, 4) is 0 Å². The maximum atomic E-state index is 2.24. The minimum absolute atomic E-state index is 1.41. The van der Waals surface area contributed by atoms with Crippen molar-refractivity contribution < 1.29 is 38.7 Å². The van der Waals surface area contributed by atoms with Crippen molar-refractivity contribution in [3.63, 3.8) is 0 Å². The second kappa shape index (κ2) is 3.86. The molecule has 0 atom stereocenters. The molecule has 1 aromatic heterocycles. The summed E-state index contributed by atoms with van der Waals surface area (Å²) in [6.07, 6.45) is 0. The van der Waals surface area contributed by atoms with Crippen LogP contribution in [0.1, 0.15) is 10.4 Å². The van der Waals surface area contributed by atoms with E-state index in [0.717, 1.165) is 0 Å². The Morgan fingerprint density at radius 2 is 2.11 bits per heavy atom. The second-order valence-electron chi connectivity index (χ2n) is 1.48. The van der Waals surface area contributed by atoms with E-state index in [1.165, 1.54) is 49.1 Å². The van der Waals surface area contributed by atoms with Crippen molar-refractivity contribution in [1.82, 2.24) is 0 Å². The second-order valence-corrected chi connectivity index (χ2v) is 4.12. The Hall–Kier alpha value is 0.817. The quantitative estimate of drug-likeness (QED) is 0.602. The van der Waals surface area contributed by atoms with Gasteiger partial charge in [0.2, 0.25) is 0 Å². The SMILES string of the molecule is [W]=[CH]c1ccsc1[CH]=[W]. The molecule has 0 aliphatic heterocycles. The van der Waals surface area contributed by atoms with Gasteiger partial charge in [-0.25, -0.2) is 0 Å². The fourth-order valence-electron chi connectivity index (χ4n) is 0.524. The van der Waals surface area contributed by atoms with Crippen LogP contribution in [0.2, 0.25) is 0 Å². The van der Waals surface area contributed by atoms with E-state index < -0.39 is 0 Å². The monoisotopic (exact) mass is 476 g/mol. The number of rotatable bonds is 2. The van der Waals surface area contributed by atoms with Crippen LogP contribution in [0.25, 0.3) is 0 Å². The van der Waals surface area contributed by atoms with Gasteiger partial charge in [0.25, 0.3) is 0 Å². The van der Waals surface area contributed by atoms with Gasteiger partial charge in [0.05, 0.1) is 0 Å². The van der Waals surface area contributed by atoms with Crippen LogP contribution in [0.3, 0.4) is 0 Å². The summed E-state index contributed by atoms with van der Waals surface area (Å²) in [5.74, 6) is 0. The van der Waals surface area contributed by atoms with Crippen LogP contribution in [0, 0.1) is 0 Å². The van der Waals surface area contributed by atoms with E-state index in [1.807, 2.05) is 11.3 Å². The molecule has 0 unspecified atom stereocenters. The van der Waals surface area contributed by atoms with E-state index in [4.69, 9.17) is 0 Å². The molecule has 0 aliphatic carbocycles. The van der Waals surface area contributed by atoms with E-state index in [1.54, 1.807) is 0 Å². The van der Waals surface area contributed by atoms with Crippen molar-refractivity contribution in [1.29, 1.82) is 0 Å². The average Bonchev–Trinajstić information content (AvgIpc) is 2.33. The third-order valence-electron chi connectivity index (χ3n) is 0.961. The third kappa shape index (κ3) is 1.87. The zero-order valence-electron chi connectivity index (χ0n) is 4.53. The van der Waals surface area contributed by atoms with Crippen LogP contribution in [0.4, 0.5) is 0 Å². The predicted molar refractivity (Wildman–Crippen MR) is 34.7 cm³/mol. The molecule has 46 valence electrons. The van der Waals surface area contributed by atoms with Gasteiger partial charge in [0, 0.05) is 0 Å².